The first kappa shape index (κ1) is 30.8. The van der Waals surface area contributed by atoms with E-state index in [0.717, 1.165) is 25.7 Å². The van der Waals surface area contributed by atoms with Crippen molar-refractivity contribution >= 4 is 22.1 Å². The zero-order valence-corrected chi connectivity index (χ0v) is 20.2. The summed E-state index contributed by atoms with van der Waals surface area (Å²) in [5.74, 6) is -3.87. The molecule has 9 heteroatoms. The Morgan fingerprint density at radius 1 is 0.931 bits per heavy atom. The van der Waals surface area contributed by atoms with Crippen LogP contribution in [0.15, 0.2) is 0 Å². The Labute approximate surface area is 191 Å². The molecule has 0 amide bonds. The molecule has 29 heavy (non-hydrogen) atoms. The van der Waals surface area contributed by atoms with E-state index in [-0.39, 0.29) is 47.1 Å². The molecule has 0 fully saturated rings. The molecule has 176 valence electrons. The first-order chi connectivity index (χ1) is 13.0. The minimum absolute atomic E-state index is 0. The van der Waals surface area contributed by atoms with Crippen LogP contribution in [-0.4, -0.2) is 35.3 Å². The van der Waals surface area contributed by atoms with Crippen molar-refractivity contribution in [2.24, 2.45) is 17.3 Å². The van der Waals surface area contributed by atoms with Crippen LogP contribution in [0, 0.1) is 17.3 Å². The van der Waals surface area contributed by atoms with Crippen molar-refractivity contribution in [3.63, 3.8) is 0 Å². The van der Waals surface area contributed by atoms with E-state index in [1.54, 1.807) is 0 Å². The number of hydrogen-bond acceptors (Lipinski definition) is 5. The van der Waals surface area contributed by atoms with Crippen LogP contribution in [0.1, 0.15) is 91.9 Å². The molecule has 3 unspecified atom stereocenters. The average molecular weight is 529 g/mol. The van der Waals surface area contributed by atoms with Gasteiger partial charge in [0.1, 0.15) is 0 Å². The van der Waals surface area contributed by atoms with Crippen molar-refractivity contribution in [3.05, 3.63) is 0 Å². The van der Waals surface area contributed by atoms with Gasteiger partial charge < -0.3 is 15.0 Å². The van der Waals surface area contributed by atoms with E-state index in [2.05, 4.69) is 0 Å². The van der Waals surface area contributed by atoms with Crippen molar-refractivity contribution < 1.29 is 55.2 Å². The maximum Gasteiger partial charge on any atom is 1.00 e. The second-order valence-corrected chi connectivity index (χ2v) is 9.42. The van der Waals surface area contributed by atoms with E-state index >= 15 is 0 Å². The fourth-order valence-electron chi connectivity index (χ4n) is 4.14. The number of rotatable bonds is 16. The third-order valence-corrected chi connectivity index (χ3v) is 7.07. The molecule has 0 spiro atoms. The minimum atomic E-state index is -5.14. The van der Waals surface area contributed by atoms with Crippen molar-refractivity contribution in [1.29, 1.82) is 0 Å². The molecule has 0 aliphatic rings. The normalized spacial score (nSPS) is 16.9. The Morgan fingerprint density at radius 2 is 1.31 bits per heavy atom. The van der Waals surface area contributed by atoms with E-state index in [4.69, 9.17) is 0 Å². The Hall–Kier alpha value is -0.410. The van der Waals surface area contributed by atoms with E-state index in [1.165, 1.54) is 0 Å². The Balaban J connectivity index is 0. The van der Waals surface area contributed by atoms with Gasteiger partial charge in [0, 0.05) is 11.4 Å². The molecule has 3 atom stereocenters. The standard InChI is InChI=1S/C20H38O7S.Ag/c1-5-9-11-15(7-3)13-20(19(23)24,14-16(8-4)12-10-6-2)17(18(21)22)28(25,26)27;/h15-17H,5-14H2,1-4H3,(H,21,22)(H,23,24)(H,25,26,27);/q;+1/p-1. The van der Waals surface area contributed by atoms with Gasteiger partial charge in [-0.1, -0.05) is 79.1 Å². The molecule has 0 aliphatic carbocycles. The molecule has 7 nitrogen and oxygen atoms in total. The summed E-state index contributed by atoms with van der Waals surface area (Å²) in [5, 5.41) is 19.5. The topological polar surface area (TPSA) is 132 Å². The molecule has 0 aromatic rings. The van der Waals surface area contributed by atoms with E-state index < -0.39 is 32.7 Å². The number of carboxylic acid groups (broad SMARTS) is 2. The number of carbonyl (C=O) groups excluding carboxylic acids is 1. The fourth-order valence-corrected chi connectivity index (χ4v) is 5.25. The Morgan fingerprint density at radius 3 is 1.52 bits per heavy atom. The van der Waals surface area contributed by atoms with Gasteiger partial charge in [-0.2, -0.15) is 8.42 Å². The molecule has 0 rings (SSSR count). The second kappa shape index (κ2) is 14.6. The summed E-state index contributed by atoms with van der Waals surface area (Å²) in [6.45, 7) is 7.74. The van der Waals surface area contributed by atoms with Gasteiger partial charge in [-0.15, -0.1) is 0 Å². The summed E-state index contributed by atoms with van der Waals surface area (Å²) in [7, 11) is -5.14. The second-order valence-electron chi connectivity index (χ2n) is 7.92. The summed E-state index contributed by atoms with van der Waals surface area (Å²) < 4.78 is 33.6. The predicted molar refractivity (Wildman–Crippen MR) is 106 cm³/mol. The van der Waals surface area contributed by atoms with Crippen molar-refractivity contribution in [1.82, 2.24) is 0 Å². The summed E-state index contributed by atoms with van der Waals surface area (Å²) in [4.78, 5) is 24.1. The summed E-state index contributed by atoms with van der Waals surface area (Å²) in [6.07, 6.45) is 5.72. The number of hydrogen-bond donors (Lipinski definition) is 2. The van der Waals surface area contributed by atoms with E-state index in [0.29, 0.717) is 25.7 Å². The maximum absolute atomic E-state index is 12.3. The van der Waals surface area contributed by atoms with Crippen LogP contribution >= 0.6 is 0 Å². The molecule has 0 radical (unpaired) electrons. The predicted octanol–water partition coefficient (Wildman–Crippen LogP) is 3.27. The van der Waals surface area contributed by atoms with Crippen LogP contribution in [0.4, 0.5) is 0 Å². The van der Waals surface area contributed by atoms with Crippen molar-refractivity contribution in [3.8, 4) is 0 Å². The Kier molecular flexibility index (Phi) is 15.5. The molecule has 0 aliphatic heterocycles. The smallest absolute Gasteiger partial charge is 0.549 e. The first-order valence-corrected chi connectivity index (χ1v) is 11.9. The van der Waals surface area contributed by atoms with Crippen LogP contribution < -0.4 is 5.11 Å². The molecule has 2 N–H and O–H groups in total. The quantitative estimate of drug-likeness (QED) is 0.232. The number of carboxylic acids is 2. The zero-order valence-electron chi connectivity index (χ0n) is 17.9. The largest absolute Gasteiger partial charge is 1.00 e. The van der Waals surface area contributed by atoms with Crippen molar-refractivity contribution in [2.75, 3.05) is 0 Å². The molecule has 0 aromatic heterocycles. The maximum atomic E-state index is 12.3. The first-order valence-electron chi connectivity index (χ1n) is 10.4. The zero-order chi connectivity index (χ0) is 22.0. The SMILES string of the molecule is CCCCC(CC)CC(CC(CC)CCCC)(C(=O)[O-])C(C(=O)O)S(=O)(=O)O.[Ag+]. The van der Waals surface area contributed by atoms with Gasteiger partial charge in [0.15, 0.2) is 5.25 Å². The monoisotopic (exact) mass is 528 g/mol. The Bertz CT molecular complexity index is 574. The molecular weight excluding hydrogens is 492 g/mol. The number of carbonyl (C=O) groups is 2. The van der Waals surface area contributed by atoms with Crippen LogP contribution in [-0.2, 0) is 42.1 Å². The molecule has 0 aromatic carbocycles. The molecule has 0 saturated heterocycles. The van der Waals surface area contributed by atoms with Crippen molar-refractivity contribution in [2.45, 2.75) is 97.2 Å². The van der Waals surface area contributed by atoms with Crippen LogP contribution in [0.25, 0.3) is 0 Å². The fraction of sp³-hybridized carbons (Fsp3) is 0.900. The molecule has 0 bridgehead atoms. The molecule has 0 heterocycles. The van der Waals surface area contributed by atoms with E-state index in [1.807, 2.05) is 27.7 Å². The van der Waals surface area contributed by atoms with Gasteiger partial charge in [0.05, 0.1) is 0 Å². The minimum Gasteiger partial charge on any atom is -0.549 e. The third kappa shape index (κ3) is 9.51. The number of unbranched alkanes of at least 4 members (excludes halogenated alkanes) is 2. The van der Waals surface area contributed by atoms with Crippen LogP contribution in [0.3, 0.4) is 0 Å². The average Bonchev–Trinajstić information content (AvgIpc) is 2.59. The van der Waals surface area contributed by atoms with Crippen LogP contribution in [0.5, 0.6) is 0 Å². The van der Waals surface area contributed by atoms with E-state index in [9.17, 15) is 32.8 Å². The molecule has 0 saturated carbocycles. The van der Waals surface area contributed by atoms with Gasteiger partial charge >= 0.3 is 28.3 Å². The van der Waals surface area contributed by atoms with Crippen LogP contribution in [0.2, 0.25) is 0 Å². The molecular formula is C20H37AgO7S. The van der Waals surface area contributed by atoms with Gasteiger partial charge in [0.25, 0.3) is 10.1 Å². The summed E-state index contributed by atoms with van der Waals surface area (Å²) >= 11 is 0. The van der Waals surface area contributed by atoms with Gasteiger partial charge in [-0.25, -0.2) is 0 Å². The number of aliphatic carboxylic acids is 2. The van der Waals surface area contributed by atoms with Gasteiger partial charge in [-0.05, 0) is 24.7 Å². The van der Waals surface area contributed by atoms with Gasteiger partial charge in [0.2, 0.25) is 0 Å². The summed E-state index contributed by atoms with van der Waals surface area (Å²) in [5.41, 5.74) is -2.16. The third-order valence-electron chi connectivity index (χ3n) is 5.82. The summed E-state index contributed by atoms with van der Waals surface area (Å²) in [6, 6.07) is 0. The van der Waals surface area contributed by atoms with Gasteiger partial charge in [-0.3, -0.25) is 9.35 Å².